The van der Waals surface area contributed by atoms with Gasteiger partial charge in [-0.2, -0.15) is 0 Å². The first-order chi connectivity index (χ1) is 16.1. The molecule has 8 nitrogen and oxygen atoms in total. The lowest BCUT2D eigenvalue weighted by atomic mass is 9.97. The van der Waals surface area contributed by atoms with Crippen molar-refractivity contribution in [1.82, 2.24) is 24.8 Å². The fourth-order valence-electron chi connectivity index (χ4n) is 3.94. The largest absolute Gasteiger partial charge is 0.447 e. The molecule has 0 fully saturated rings. The predicted octanol–water partition coefficient (Wildman–Crippen LogP) is 3.52. The van der Waals surface area contributed by atoms with Crippen LogP contribution in [0.4, 0.5) is 0 Å². The summed E-state index contributed by atoms with van der Waals surface area (Å²) in [5.74, 6) is 0.495. The number of nitrogens with zero attached hydrogens (tertiary/aromatic N) is 4. The maximum atomic E-state index is 13.0. The van der Waals surface area contributed by atoms with Gasteiger partial charge in [-0.25, -0.2) is 9.97 Å². The molecule has 0 aliphatic heterocycles. The molecule has 1 N–H and O–H groups in total. The molecule has 0 saturated carbocycles. The number of hydrogen-bond donors (Lipinski definition) is 1. The van der Waals surface area contributed by atoms with Crippen molar-refractivity contribution < 1.29 is 9.21 Å². The molecule has 1 amide bonds. The van der Waals surface area contributed by atoms with E-state index in [0.717, 1.165) is 35.2 Å². The lowest BCUT2D eigenvalue weighted by Crippen LogP contribution is -2.26. The van der Waals surface area contributed by atoms with Crippen molar-refractivity contribution in [2.45, 2.75) is 43.0 Å². The number of pyridine rings is 1. The standard InChI is InChI=1S/C23H23N5O3S2/c1-28-22(30)19-15-7-2-3-8-17(15)33-21(19)27-23(28)32-13-18-26-16(12-31-18)20(29)25-11-9-14-6-4-5-10-24-14/h4-6,10,12H,2-3,7-9,11,13H2,1H3,(H,25,29). The Morgan fingerprint density at radius 2 is 2.15 bits per heavy atom. The summed E-state index contributed by atoms with van der Waals surface area (Å²) in [5, 5.41) is 4.23. The molecule has 0 bridgehead atoms. The number of fused-ring (bicyclic) bond motifs is 3. The van der Waals surface area contributed by atoms with Crippen LogP contribution in [0.2, 0.25) is 0 Å². The number of aryl methyl sites for hydroxylation is 2. The van der Waals surface area contributed by atoms with E-state index in [0.29, 0.717) is 29.8 Å². The van der Waals surface area contributed by atoms with Gasteiger partial charge in [0.2, 0.25) is 5.89 Å². The van der Waals surface area contributed by atoms with Crippen LogP contribution in [0.25, 0.3) is 10.2 Å². The van der Waals surface area contributed by atoms with Crippen molar-refractivity contribution in [2.24, 2.45) is 7.05 Å². The number of carbonyl (C=O) groups excluding carboxylic acids is 1. The number of carbonyl (C=O) groups is 1. The third-order valence-electron chi connectivity index (χ3n) is 5.66. The second-order valence-corrected chi connectivity index (χ2v) is 9.92. The highest BCUT2D eigenvalue weighted by molar-refractivity contribution is 7.98. The topological polar surface area (TPSA) is 103 Å². The molecule has 1 aliphatic carbocycles. The number of amides is 1. The minimum Gasteiger partial charge on any atom is -0.447 e. The van der Waals surface area contributed by atoms with E-state index in [1.807, 2.05) is 18.2 Å². The van der Waals surface area contributed by atoms with E-state index in [1.54, 1.807) is 29.1 Å². The molecule has 4 heterocycles. The van der Waals surface area contributed by atoms with E-state index in [1.165, 1.54) is 34.9 Å². The third kappa shape index (κ3) is 4.58. The Bertz CT molecular complexity index is 1360. The van der Waals surface area contributed by atoms with E-state index in [9.17, 15) is 9.59 Å². The van der Waals surface area contributed by atoms with Crippen molar-refractivity contribution in [3.63, 3.8) is 0 Å². The molecule has 10 heteroatoms. The van der Waals surface area contributed by atoms with Gasteiger partial charge in [-0.05, 0) is 43.4 Å². The van der Waals surface area contributed by atoms with Crippen LogP contribution in [-0.2, 0) is 32.1 Å². The van der Waals surface area contributed by atoms with Crippen molar-refractivity contribution >= 4 is 39.2 Å². The molecule has 0 saturated heterocycles. The van der Waals surface area contributed by atoms with Crippen LogP contribution < -0.4 is 10.9 Å². The lowest BCUT2D eigenvalue weighted by molar-refractivity contribution is 0.0949. The van der Waals surface area contributed by atoms with Gasteiger partial charge in [0, 0.05) is 36.8 Å². The molecular weight excluding hydrogens is 458 g/mol. The lowest BCUT2D eigenvalue weighted by Gasteiger charge is -2.10. The zero-order valence-electron chi connectivity index (χ0n) is 18.2. The van der Waals surface area contributed by atoms with Gasteiger partial charge in [0.1, 0.15) is 11.1 Å². The summed E-state index contributed by atoms with van der Waals surface area (Å²) in [5.41, 5.74) is 2.34. The third-order valence-corrected chi connectivity index (χ3v) is 7.86. The zero-order chi connectivity index (χ0) is 22.8. The summed E-state index contributed by atoms with van der Waals surface area (Å²) in [6.07, 6.45) is 8.02. The molecule has 4 aromatic heterocycles. The van der Waals surface area contributed by atoms with Gasteiger partial charge in [0.05, 0.1) is 11.1 Å². The van der Waals surface area contributed by atoms with E-state index >= 15 is 0 Å². The molecule has 0 unspecified atom stereocenters. The molecule has 1 aliphatic rings. The van der Waals surface area contributed by atoms with E-state index < -0.39 is 0 Å². The second kappa shape index (κ2) is 9.48. The molecule has 0 spiro atoms. The summed E-state index contributed by atoms with van der Waals surface area (Å²) in [6.45, 7) is 0.462. The fourth-order valence-corrected chi connectivity index (χ4v) is 6.07. The monoisotopic (exact) mass is 481 g/mol. The van der Waals surface area contributed by atoms with Crippen LogP contribution >= 0.6 is 23.1 Å². The van der Waals surface area contributed by atoms with Gasteiger partial charge in [-0.15, -0.1) is 11.3 Å². The highest BCUT2D eigenvalue weighted by atomic mass is 32.2. The minimum absolute atomic E-state index is 0.00211. The number of nitrogens with one attached hydrogen (secondary N) is 1. The van der Waals surface area contributed by atoms with Crippen LogP contribution in [0.1, 0.15) is 45.4 Å². The van der Waals surface area contributed by atoms with Gasteiger partial charge in [-0.1, -0.05) is 17.8 Å². The summed E-state index contributed by atoms with van der Waals surface area (Å²) in [4.78, 5) is 40.8. The molecule has 4 aromatic rings. The molecule has 0 radical (unpaired) electrons. The summed E-state index contributed by atoms with van der Waals surface area (Å²) < 4.78 is 7.08. The first kappa shape index (κ1) is 21.8. The first-order valence-electron chi connectivity index (χ1n) is 10.9. The van der Waals surface area contributed by atoms with Crippen molar-refractivity contribution in [3.05, 3.63) is 68.7 Å². The normalized spacial score (nSPS) is 13.2. The Morgan fingerprint density at radius 1 is 1.27 bits per heavy atom. The van der Waals surface area contributed by atoms with Gasteiger partial charge in [0.25, 0.3) is 11.5 Å². The second-order valence-electron chi connectivity index (χ2n) is 7.89. The maximum absolute atomic E-state index is 13.0. The molecule has 5 rings (SSSR count). The number of thioether (sulfide) groups is 1. The highest BCUT2D eigenvalue weighted by Gasteiger charge is 2.21. The Morgan fingerprint density at radius 3 is 3.00 bits per heavy atom. The Kier molecular flexibility index (Phi) is 6.28. The minimum atomic E-state index is -0.290. The van der Waals surface area contributed by atoms with E-state index in [2.05, 4.69) is 15.3 Å². The molecule has 33 heavy (non-hydrogen) atoms. The van der Waals surface area contributed by atoms with E-state index in [4.69, 9.17) is 9.40 Å². The van der Waals surface area contributed by atoms with Crippen molar-refractivity contribution in [3.8, 4) is 0 Å². The van der Waals surface area contributed by atoms with Gasteiger partial charge >= 0.3 is 0 Å². The fraction of sp³-hybridized carbons (Fsp3) is 0.348. The highest BCUT2D eigenvalue weighted by Crippen LogP contribution is 2.34. The average molecular weight is 482 g/mol. The Hall–Kier alpha value is -2.98. The molecule has 170 valence electrons. The number of aromatic nitrogens is 4. The first-order valence-corrected chi connectivity index (χ1v) is 12.7. The van der Waals surface area contributed by atoms with Crippen LogP contribution in [0.3, 0.4) is 0 Å². The van der Waals surface area contributed by atoms with E-state index in [-0.39, 0.29) is 17.2 Å². The van der Waals surface area contributed by atoms with Crippen LogP contribution in [0.5, 0.6) is 0 Å². The molecular formula is C23H23N5O3S2. The van der Waals surface area contributed by atoms with Gasteiger partial charge in [-0.3, -0.25) is 19.1 Å². The van der Waals surface area contributed by atoms with Crippen molar-refractivity contribution in [2.75, 3.05) is 6.54 Å². The van der Waals surface area contributed by atoms with Crippen LogP contribution in [0, 0.1) is 0 Å². The quantitative estimate of drug-likeness (QED) is 0.318. The number of hydrogen-bond acceptors (Lipinski definition) is 8. The summed E-state index contributed by atoms with van der Waals surface area (Å²) >= 11 is 3.02. The summed E-state index contributed by atoms with van der Waals surface area (Å²) in [7, 11) is 1.75. The predicted molar refractivity (Wildman–Crippen MR) is 128 cm³/mol. The number of thiophene rings is 1. The number of rotatable bonds is 7. The Balaban J connectivity index is 1.23. The zero-order valence-corrected chi connectivity index (χ0v) is 19.8. The van der Waals surface area contributed by atoms with Crippen LogP contribution in [0.15, 0.2) is 45.0 Å². The maximum Gasteiger partial charge on any atom is 0.273 e. The molecule has 0 atom stereocenters. The molecule has 0 aromatic carbocycles. The Labute approximate surface area is 198 Å². The summed E-state index contributed by atoms with van der Waals surface area (Å²) in [6, 6.07) is 5.69. The van der Waals surface area contributed by atoms with Crippen molar-refractivity contribution in [1.29, 1.82) is 0 Å². The number of oxazole rings is 1. The SMILES string of the molecule is Cn1c(SCc2nc(C(=O)NCCc3ccccn3)co2)nc2sc3c(c2c1=O)CCCC3. The van der Waals surface area contributed by atoms with Gasteiger partial charge in [0.15, 0.2) is 10.9 Å². The average Bonchev–Trinajstić information content (AvgIpc) is 3.46. The van der Waals surface area contributed by atoms with Gasteiger partial charge < -0.3 is 9.73 Å². The van der Waals surface area contributed by atoms with Crippen LogP contribution in [-0.4, -0.2) is 32.0 Å². The smallest absolute Gasteiger partial charge is 0.273 e.